The van der Waals surface area contributed by atoms with Crippen LogP contribution in [-0.2, 0) is 6.54 Å². The second-order valence-electron chi connectivity index (χ2n) is 3.87. The van der Waals surface area contributed by atoms with Crippen molar-refractivity contribution in [2.75, 3.05) is 12.0 Å². The lowest BCUT2D eigenvalue weighted by atomic mass is 10.1. The van der Waals surface area contributed by atoms with Crippen molar-refractivity contribution in [1.29, 1.82) is 10.7 Å². The van der Waals surface area contributed by atoms with Gasteiger partial charge in [-0.25, -0.2) is 4.99 Å². The first-order valence-corrected chi connectivity index (χ1v) is 6.95. The van der Waals surface area contributed by atoms with Gasteiger partial charge in [0.25, 0.3) is 0 Å². The second-order valence-corrected chi connectivity index (χ2v) is 4.75. The summed E-state index contributed by atoms with van der Waals surface area (Å²) in [6, 6.07) is 3.66. The molecule has 0 unspecified atom stereocenters. The number of pyridine rings is 1. The average Bonchev–Trinajstić information content (AvgIpc) is 2.38. The van der Waals surface area contributed by atoms with Gasteiger partial charge in [-0.3, -0.25) is 0 Å². The largest absolute Gasteiger partial charge is 0.384 e. The molecule has 1 heterocycles. The van der Waals surface area contributed by atoms with Crippen LogP contribution < -0.4 is 11.2 Å². The fourth-order valence-electron chi connectivity index (χ4n) is 1.66. The fraction of sp³-hybridized carbons (Fsp3) is 0.308. The molecule has 0 aliphatic carbocycles. The highest BCUT2D eigenvalue weighted by molar-refractivity contribution is 8.02. The summed E-state index contributed by atoms with van der Waals surface area (Å²) < 4.78 is 1.73. The molecule has 19 heavy (non-hydrogen) atoms. The standard InChI is InChI=1S/C13H17N5S/c1-5-18-12(16)10(7-14)6-11(8(2)15)13(18)17-9(3)19-4/h6,15H,3,5,16H2,1-2,4H3. The van der Waals surface area contributed by atoms with E-state index in [1.807, 2.05) is 19.2 Å². The number of nitrogens with two attached hydrogens (primary N) is 1. The summed E-state index contributed by atoms with van der Waals surface area (Å²) in [4.78, 5) is 4.41. The second kappa shape index (κ2) is 6.25. The van der Waals surface area contributed by atoms with Gasteiger partial charge in [-0.2, -0.15) is 5.26 Å². The molecule has 0 saturated carbocycles. The zero-order valence-corrected chi connectivity index (χ0v) is 12.1. The maximum Gasteiger partial charge on any atom is 0.144 e. The number of hydrogen-bond acceptors (Lipinski definition) is 5. The maximum atomic E-state index is 9.10. The molecule has 0 radical (unpaired) electrons. The Labute approximate surface area is 117 Å². The minimum absolute atomic E-state index is 0.339. The van der Waals surface area contributed by atoms with Crippen LogP contribution in [0.25, 0.3) is 0 Å². The molecule has 0 spiro atoms. The number of thioether (sulfide) groups is 1. The Hall–Kier alpha value is -2.00. The topological polar surface area (TPSA) is 90.9 Å². The number of nitrogens with zero attached hydrogens (tertiary/aromatic N) is 3. The van der Waals surface area contributed by atoms with Crippen molar-refractivity contribution in [1.82, 2.24) is 4.57 Å². The third kappa shape index (κ3) is 3.06. The molecule has 0 fully saturated rings. The SMILES string of the molecule is C=C(N=c1c(C(C)=N)cc(C#N)c(N)n1CC)SC. The summed E-state index contributed by atoms with van der Waals surface area (Å²) in [6.07, 6.45) is 1.88. The van der Waals surface area contributed by atoms with E-state index in [0.717, 1.165) is 0 Å². The van der Waals surface area contributed by atoms with Crippen molar-refractivity contribution < 1.29 is 0 Å². The smallest absolute Gasteiger partial charge is 0.144 e. The van der Waals surface area contributed by atoms with Crippen LogP contribution in [0.5, 0.6) is 0 Å². The summed E-state index contributed by atoms with van der Waals surface area (Å²) in [5, 5.41) is 17.6. The van der Waals surface area contributed by atoms with Crippen molar-refractivity contribution in [2.24, 2.45) is 4.99 Å². The van der Waals surface area contributed by atoms with Gasteiger partial charge in [-0.15, -0.1) is 11.8 Å². The van der Waals surface area contributed by atoms with Crippen LogP contribution in [0.4, 0.5) is 5.82 Å². The molecule has 0 aliphatic heterocycles. The van der Waals surface area contributed by atoms with E-state index in [4.69, 9.17) is 16.4 Å². The van der Waals surface area contributed by atoms with Crippen molar-refractivity contribution in [3.63, 3.8) is 0 Å². The predicted octanol–water partition coefficient (Wildman–Crippen LogP) is 2.08. The van der Waals surface area contributed by atoms with E-state index in [9.17, 15) is 0 Å². The number of aromatic nitrogens is 1. The predicted molar refractivity (Wildman–Crippen MR) is 80.0 cm³/mol. The number of anilines is 1. The van der Waals surface area contributed by atoms with Crippen molar-refractivity contribution >= 4 is 23.3 Å². The quantitative estimate of drug-likeness (QED) is 0.824. The molecule has 100 valence electrons. The van der Waals surface area contributed by atoms with Crippen LogP contribution in [0.2, 0.25) is 0 Å². The minimum Gasteiger partial charge on any atom is -0.384 e. The van der Waals surface area contributed by atoms with E-state index < -0.39 is 0 Å². The van der Waals surface area contributed by atoms with E-state index >= 15 is 0 Å². The van der Waals surface area contributed by atoms with E-state index in [1.165, 1.54) is 11.8 Å². The van der Waals surface area contributed by atoms with Gasteiger partial charge in [0.1, 0.15) is 17.4 Å². The Morgan fingerprint density at radius 1 is 1.68 bits per heavy atom. The van der Waals surface area contributed by atoms with Crippen LogP contribution in [0, 0.1) is 16.7 Å². The molecule has 1 aromatic rings. The Balaban J connectivity index is 3.82. The molecule has 0 aliphatic rings. The van der Waals surface area contributed by atoms with Crippen LogP contribution in [0.3, 0.4) is 0 Å². The monoisotopic (exact) mass is 275 g/mol. The first-order chi connectivity index (χ1) is 8.96. The molecule has 1 rings (SSSR count). The Morgan fingerprint density at radius 3 is 2.74 bits per heavy atom. The van der Waals surface area contributed by atoms with E-state index in [2.05, 4.69) is 11.6 Å². The molecular formula is C13H17N5S. The molecule has 5 nitrogen and oxygen atoms in total. The highest BCUT2D eigenvalue weighted by Gasteiger charge is 2.11. The van der Waals surface area contributed by atoms with Gasteiger partial charge in [0.05, 0.1) is 10.6 Å². The molecule has 0 amide bonds. The first-order valence-electron chi connectivity index (χ1n) is 5.72. The van der Waals surface area contributed by atoms with E-state index in [-0.39, 0.29) is 0 Å². The fourth-order valence-corrected chi connectivity index (χ4v) is 1.84. The van der Waals surface area contributed by atoms with E-state index in [1.54, 1.807) is 17.6 Å². The van der Waals surface area contributed by atoms with Gasteiger partial charge in [-0.05, 0) is 26.2 Å². The van der Waals surface area contributed by atoms with Gasteiger partial charge in [0.15, 0.2) is 0 Å². The molecule has 0 saturated heterocycles. The zero-order valence-electron chi connectivity index (χ0n) is 11.3. The van der Waals surface area contributed by atoms with Gasteiger partial charge in [0, 0.05) is 17.8 Å². The third-order valence-electron chi connectivity index (χ3n) is 2.66. The lowest BCUT2D eigenvalue weighted by Gasteiger charge is -2.14. The Bertz CT molecular complexity index is 634. The summed E-state index contributed by atoms with van der Waals surface area (Å²) in [6.45, 7) is 7.97. The summed E-state index contributed by atoms with van der Waals surface area (Å²) in [5.74, 6) is 0.364. The molecule has 1 aromatic heterocycles. The Kier molecular flexibility index (Phi) is 4.95. The van der Waals surface area contributed by atoms with Crippen LogP contribution >= 0.6 is 11.8 Å². The van der Waals surface area contributed by atoms with Crippen LogP contribution in [0.1, 0.15) is 25.0 Å². The van der Waals surface area contributed by atoms with Crippen LogP contribution in [0.15, 0.2) is 22.7 Å². The third-order valence-corrected chi connectivity index (χ3v) is 3.22. The van der Waals surface area contributed by atoms with E-state index in [0.29, 0.717) is 39.7 Å². The average molecular weight is 275 g/mol. The van der Waals surface area contributed by atoms with Gasteiger partial charge in [-0.1, -0.05) is 6.58 Å². The molecule has 6 heteroatoms. The minimum atomic E-state index is 0.339. The Morgan fingerprint density at radius 2 is 2.32 bits per heavy atom. The molecule has 0 aromatic carbocycles. The number of hydrogen-bond donors (Lipinski definition) is 2. The number of nitrogens with one attached hydrogen (secondary N) is 1. The number of nitriles is 1. The summed E-state index contributed by atoms with van der Waals surface area (Å²) in [7, 11) is 0. The first kappa shape index (κ1) is 15.1. The van der Waals surface area contributed by atoms with Crippen molar-refractivity contribution in [3.05, 3.63) is 34.3 Å². The summed E-state index contributed by atoms with van der Waals surface area (Å²) in [5.41, 5.74) is 7.84. The van der Waals surface area contributed by atoms with Gasteiger partial charge in [0.2, 0.25) is 0 Å². The highest BCUT2D eigenvalue weighted by Crippen LogP contribution is 2.13. The highest BCUT2D eigenvalue weighted by atomic mass is 32.2. The normalized spacial score (nSPS) is 11.2. The lowest BCUT2D eigenvalue weighted by molar-refractivity contribution is 0.720. The van der Waals surface area contributed by atoms with Crippen LogP contribution in [-0.4, -0.2) is 16.5 Å². The summed E-state index contributed by atoms with van der Waals surface area (Å²) >= 11 is 1.42. The maximum absolute atomic E-state index is 9.10. The lowest BCUT2D eigenvalue weighted by Crippen LogP contribution is -2.29. The van der Waals surface area contributed by atoms with Crippen molar-refractivity contribution in [2.45, 2.75) is 20.4 Å². The molecular weight excluding hydrogens is 258 g/mol. The molecule has 0 bridgehead atoms. The number of nitrogen functional groups attached to an aromatic ring is 1. The number of rotatable bonds is 4. The van der Waals surface area contributed by atoms with Crippen molar-refractivity contribution in [3.8, 4) is 6.07 Å². The zero-order chi connectivity index (χ0) is 14.6. The van der Waals surface area contributed by atoms with Gasteiger partial charge < -0.3 is 15.7 Å². The molecule has 0 atom stereocenters. The van der Waals surface area contributed by atoms with Gasteiger partial charge >= 0.3 is 0 Å². The molecule has 3 N–H and O–H groups in total.